The molecule has 0 aliphatic carbocycles. The molecule has 6 heteroatoms. The molecule has 0 radical (unpaired) electrons. The Morgan fingerprint density at radius 1 is 1.04 bits per heavy atom. The van der Waals surface area contributed by atoms with E-state index in [1.807, 2.05) is 0 Å². The van der Waals surface area contributed by atoms with E-state index in [4.69, 9.17) is 9.47 Å². The van der Waals surface area contributed by atoms with Gasteiger partial charge < -0.3 is 24.7 Å². The molecular weight excluding hydrogens is 298 g/mol. The number of phenolic OH excluding ortho intramolecular Hbond substituents is 1. The van der Waals surface area contributed by atoms with Gasteiger partial charge in [0.1, 0.15) is 22.8 Å². The SMILES string of the molecule is COc1ccc(OC)c(-c2cc3cc(O)ccc3[nH]2)c1C(=O)O. The fourth-order valence-electron chi connectivity index (χ4n) is 2.64. The minimum absolute atomic E-state index is 0.0163. The predicted molar refractivity (Wildman–Crippen MR) is 85.5 cm³/mol. The zero-order valence-electron chi connectivity index (χ0n) is 12.6. The number of aromatic carboxylic acids is 1. The minimum Gasteiger partial charge on any atom is -0.508 e. The summed E-state index contributed by atoms with van der Waals surface area (Å²) in [4.78, 5) is 14.9. The van der Waals surface area contributed by atoms with Crippen LogP contribution in [0.25, 0.3) is 22.2 Å². The molecule has 0 aliphatic rings. The van der Waals surface area contributed by atoms with Crippen molar-refractivity contribution >= 4 is 16.9 Å². The topological polar surface area (TPSA) is 91.8 Å². The first-order chi connectivity index (χ1) is 11.0. The van der Waals surface area contributed by atoms with Gasteiger partial charge in [0.2, 0.25) is 0 Å². The number of methoxy groups -OCH3 is 2. The number of rotatable bonds is 4. The highest BCUT2D eigenvalue weighted by atomic mass is 16.5. The van der Waals surface area contributed by atoms with Crippen molar-refractivity contribution in [2.45, 2.75) is 0 Å². The molecule has 1 heterocycles. The molecule has 0 bridgehead atoms. The number of H-pyrrole nitrogens is 1. The van der Waals surface area contributed by atoms with Crippen LogP contribution in [0.1, 0.15) is 10.4 Å². The summed E-state index contributed by atoms with van der Waals surface area (Å²) < 4.78 is 10.5. The molecule has 0 atom stereocenters. The maximum Gasteiger partial charge on any atom is 0.340 e. The Morgan fingerprint density at radius 3 is 2.39 bits per heavy atom. The van der Waals surface area contributed by atoms with Crippen molar-refractivity contribution in [1.82, 2.24) is 4.98 Å². The van der Waals surface area contributed by atoms with Gasteiger partial charge in [-0.15, -0.1) is 0 Å². The van der Waals surface area contributed by atoms with E-state index < -0.39 is 5.97 Å². The van der Waals surface area contributed by atoms with Crippen LogP contribution in [-0.2, 0) is 0 Å². The lowest BCUT2D eigenvalue weighted by Gasteiger charge is -2.13. The van der Waals surface area contributed by atoms with Crippen molar-refractivity contribution in [2.75, 3.05) is 14.2 Å². The molecule has 0 spiro atoms. The fourth-order valence-corrected chi connectivity index (χ4v) is 2.64. The van der Waals surface area contributed by atoms with Gasteiger partial charge >= 0.3 is 5.97 Å². The van der Waals surface area contributed by atoms with Crippen molar-refractivity contribution < 1.29 is 24.5 Å². The van der Waals surface area contributed by atoms with Gasteiger partial charge in [-0.1, -0.05) is 0 Å². The Bertz CT molecular complexity index is 897. The number of benzene rings is 2. The second-order valence-corrected chi connectivity index (χ2v) is 4.98. The van der Waals surface area contributed by atoms with Gasteiger partial charge in [0.25, 0.3) is 0 Å². The van der Waals surface area contributed by atoms with Gasteiger partial charge in [0.05, 0.1) is 25.5 Å². The molecule has 0 amide bonds. The quantitative estimate of drug-likeness (QED) is 0.687. The number of phenols is 1. The average Bonchev–Trinajstić information content (AvgIpc) is 2.95. The third-order valence-corrected chi connectivity index (χ3v) is 3.66. The standard InChI is InChI=1S/C17H15NO5/c1-22-13-5-6-14(23-2)16(17(20)21)15(13)12-8-9-7-10(19)3-4-11(9)18-12/h3-8,18-19H,1-2H3,(H,20,21). The normalized spacial score (nSPS) is 10.7. The summed E-state index contributed by atoms with van der Waals surface area (Å²) in [5.41, 5.74) is 1.76. The number of aromatic nitrogens is 1. The lowest BCUT2D eigenvalue weighted by atomic mass is 10.0. The average molecular weight is 313 g/mol. The van der Waals surface area contributed by atoms with Crippen LogP contribution in [0, 0.1) is 0 Å². The number of nitrogens with one attached hydrogen (secondary N) is 1. The maximum atomic E-state index is 11.7. The molecule has 3 rings (SSSR count). The second kappa shape index (κ2) is 5.57. The first-order valence-corrected chi connectivity index (χ1v) is 6.85. The summed E-state index contributed by atoms with van der Waals surface area (Å²) in [7, 11) is 2.90. The summed E-state index contributed by atoms with van der Waals surface area (Å²) in [5.74, 6) is -0.315. The molecule has 2 aromatic carbocycles. The largest absolute Gasteiger partial charge is 0.508 e. The molecule has 3 aromatic rings. The van der Waals surface area contributed by atoms with Crippen LogP contribution in [0.4, 0.5) is 0 Å². The highest BCUT2D eigenvalue weighted by Crippen LogP contribution is 2.39. The maximum absolute atomic E-state index is 11.7. The van der Waals surface area contributed by atoms with Gasteiger partial charge in [0.15, 0.2) is 0 Å². The van der Waals surface area contributed by atoms with Gasteiger partial charge in [-0.05, 0) is 36.4 Å². The predicted octanol–water partition coefficient (Wildman–Crippen LogP) is 3.26. The highest BCUT2D eigenvalue weighted by Gasteiger charge is 2.23. The van der Waals surface area contributed by atoms with E-state index in [2.05, 4.69) is 4.98 Å². The first kappa shape index (κ1) is 14.8. The first-order valence-electron chi connectivity index (χ1n) is 6.85. The van der Waals surface area contributed by atoms with Crippen molar-refractivity contribution in [3.8, 4) is 28.5 Å². The van der Waals surface area contributed by atoms with Gasteiger partial charge in [-0.2, -0.15) is 0 Å². The summed E-state index contributed by atoms with van der Waals surface area (Å²) >= 11 is 0. The number of hydrogen-bond acceptors (Lipinski definition) is 4. The van der Waals surface area contributed by atoms with Crippen LogP contribution in [-0.4, -0.2) is 35.4 Å². The second-order valence-electron chi connectivity index (χ2n) is 4.98. The fraction of sp³-hybridized carbons (Fsp3) is 0.118. The third kappa shape index (κ3) is 2.44. The molecule has 0 fully saturated rings. The zero-order valence-corrected chi connectivity index (χ0v) is 12.6. The smallest absolute Gasteiger partial charge is 0.340 e. The van der Waals surface area contributed by atoms with Crippen LogP contribution < -0.4 is 9.47 Å². The van der Waals surface area contributed by atoms with Crippen molar-refractivity contribution in [2.24, 2.45) is 0 Å². The van der Waals surface area contributed by atoms with Crippen molar-refractivity contribution in [3.05, 3.63) is 42.0 Å². The van der Waals surface area contributed by atoms with E-state index in [-0.39, 0.29) is 17.1 Å². The van der Waals surface area contributed by atoms with Crippen molar-refractivity contribution in [1.29, 1.82) is 0 Å². The molecule has 3 N–H and O–H groups in total. The lowest BCUT2D eigenvalue weighted by molar-refractivity contribution is 0.0694. The third-order valence-electron chi connectivity index (χ3n) is 3.66. The van der Waals surface area contributed by atoms with Crippen LogP contribution in [0.2, 0.25) is 0 Å². The zero-order chi connectivity index (χ0) is 16.6. The Kier molecular flexibility index (Phi) is 3.57. The van der Waals surface area contributed by atoms with Crippen LogP contribution in [0.3, 0.4) is 0 Å². The van der Waals surface area contributed by atoms with E-state index in [9.17, 15) is 15.0 Å². The number of aromatic hydroxyl groups is 1. The van der Waals surface area contributed by atoms with Crippen LogP contribution >= 0.6 is 0 Å². The van der Waals surface area contributed by atoms with E-state index in [0.29, 0.717) is 17.0 Å². The monoisotopic (exact) mass is 313 g/mol. The molecule has 0 saturated heterocycles. The minimum atomic E-state index is -1.11. The number of hydrogen-bond donors (Lipinski definition) is 3. The van der Waals surface area contributed by atoms with Gasteiger partial charge in [-0.3, -0.25) is 0 Å². The molecule has 0 saturated carbocycles. The summed E-state index contributed by atoms with van der Waals surface area (Å²) in [5, 5.41) is 19.9. The van der Waals surface area contributed by atoms with Crippen LogP contribution in [0.15, 0.2) is 36.4 Å². The molecular formula is C17H15NO5. The Morgan fingerprint density at radius 2 is 1.74 bits per heavy atom. The number of ether oxygens (including phenoxy) is 2. The van der Waals surface area contributed by atoms with E-state index >= 15 is 0 Å². The van der Waals surface area contributed by atoms with Gasteiger partial charge in [-0.25, -0.2) is 4.79 Å². The Hall–Kier alpha value is -3.15. The lowest BCUT2D eigenvalue weighted by Crippen LogP contribution is -2.05. The van der Waals surface area contributed by atoms with E-state index in [1.54, 1.807) is 36.4 Å². The highest BCUT2D eigenvalue weighted by molar-refractivity contribution is 6.02. The number of fused-ring (bicyclic) bond motifs is 1. The Balaban J connectivity index is 2.33. The molecule has 118 valence electrons. The number of aromatic amines is 1. The summed E-state index contributed by atoms with van der Waals surface area (Å²) in [6.45, 7) is 0. The van der Waals surface area contributed by atoms with E-state index in [1.165, 1.54) is 14.2 Å². The molecule has 23 heavy (non-hydrogen) atoms. The summed E-state index contributed by atoms with van der Waals surface area (Å²) in [6.07, 6.45) is 0. The molecule has 6 nitrogen and oxygen atoms in total. The number of carbonyl (C=O) groups is 1. The molecule has 0 unspecified atom stereocenters. The van der Waals surface area contributed by atoms with Crippen molar-refractivity contribution in [3.63, 3.8) is 0 Å². The van der Waals surface area contributed by atoms with E-state index in [0.717, 1.165) is 10.9 Å². The number of carboxylic acids is 1. The van der Waals surface area contributed by atoms with Crippen LogP contribution in [0.5, 0.6) is 17.2 Å². The van der Waals surface area contributed by atoms with Gasteiger partial charge in [0, 0.05) is 10.9 Å². The molecule has 1 aromatic heterocycles. The Labute approximate surface area is 131 Å². The molecule has 0 aliphatic heterocycles. The summed E-state index contributed by atoms with van der Waals surface area (Å²) in [6, 6.07) is 9.86. The number of carboxylic acid groups (broad SMARTS) is 1.